The Balaban J connectivity index is 1.70. The molecule has 3 aromatic carbocycles. The van der Waals surface area contributed by atoms with Gasteiger partial charge < -0.3 is 18.9 Å². The van der Waals surface area contributed by atoms with Crippen LogP contribution in [0.3, 0.4) is 0 Å². The van der Waals surface area contributed by atoms with Crippen LogP contribution in [-0.2, 0) is 16.1 Å². The third kappa shape index (κ3) is 6.27. The van der Waals surface area contributed by atoms with Crippen LogP contribution in [0.1, 0.15) is 49.4 Å². The summed E-state index contributed by atoms with van der Waals surface area (Å²) in [6, 6.07) is 22.0. The van der Waals surface area contributed by atoms with Crippen molar-refractivity contribution >= 4 is 23.4 Å². The predicted molar refractivity (Wildman–Crippen MR) is 166 cm³/mol. The third-order valence-corrected chi connectivity index (χ3v) is 8.05. The van der Waals surface area contributed by atoms with Crippen LogP contribution in [0.15, 0.2) is 93.9 Å². The van der Waals surface area contributed by atoms with Gasteiger partial charge in [-0.05, 0) is 49.2 Å². The van der Waals surface area contributed by atoms with Gasteiger partial charge in [-0.25, -0.2) is 9.79 Å². The summed E-state index contributed by atoms with van der Waals surface area (Å²) in [6.45, 7) is 4.36. The van der Waals surface area contributed by atoms with E-state index in [1.54, 1.807) is 43.9 Å². The maximum absolute atomic E-state index is 14.2. The first-order valence-electron chi connectivity index (χ1n) is 14.2. The van der Waals surface area contributed by atoms with Crippen molar-refractivity contribution in [2.45, 2.75) is 39.3 Å². The minimum atomic E-state index is -0.825. The van der Waals surface area contributed by atoms with E-state index in [0.29, 0.717) is 56.4 Å². The molecule has 0 fully saturated rings. The number of methoxy groups -OCH3 is 2. The van der Waals surface area contributed by atoms with Crippen molar-refractivity contribution in [1.82, 2.24) is 4.57 Å². The second-order valence-electron chi connectivity index (χ2n) is 9.83. The van der Waals surface area contributed by atoms with Crippen molar-refractivity contribution in [3.8, 4) is 17.2 Å². The lowest BCUT2D eigenvalue weighted by Gasteiger charge is -2.27. The third-order valence-electron chi connectivity index (χ3n) is 7.07. The number of carbonyl (C=O) groups excluding carboxylic acids is 1. The van der Waals surface area contributed by atoms with Gasteiger partial charge in [0.25, 0.3) is 5.56 Å². The Kier molecular flexibility index (Phi) is 9.41. The van der Waals surface area contributed by atoms with Crippen molar-refractivity contribution in [3.63, 3.8) is 0 Å². The van der Waals surface area contributed by atoms with Crippen molar-refractivity contribution < 1.29 is 23.7 Å². The van der Waals surface area contributed by atoms with Crippen LogP contribution in [0.5, 0.6) is 17.2 Å². The van der Waals surface area contributed by atoms with Crippen molar-refractivity contribution in [1.29, 1.82) is 0 Å². The summed E-state index contributed by atoms with van der Waals surface area (Å²) in [5.41, 5.74) is 3.04. The summed E-state index contributed by atoms with van der Waals surface area (Å²) in [7, 11) is 3.13. The molecule has 9 heteroatoms. The molecule has 222 valence electrons. The Hall–Kier alpha value is -4.63. The van der Waals surface area contributed by atoms with Crippen molar-refractivity contribution in [3.05, 3.63) is 120 Å². The molecular formula is C34H34N2O6S. The van der Waals surface area contributed by atoms with Gasteiger partial charge in [-0.1, -0.05) is 73.2 Å². The van der Waals surface area contributed by atoms with E-state index in [-0.39, 0.29) is 12.2 Å². The number of ether oxygens (including phenoxy) is 4. The predicted octanol–water partition coefficient (Wildman–Crippen LogP) is 5.17. The topological polar surface area (TPSA) is 88.4 Å². The molecule has 0 saturated carbocycles. The fourth-order valence-corrected chi connectivity index (χ4v) is 6.09. The summed E-state index contributed by atoms with van der Waals surface area (Å²) in [4.78, 5) is 33.1. The smallest absolute Gasteiger partial charge is 0.338 e. The number of thiazole rings is 1. The Morgan fingerprint density at radius 1 is 0.977 bits per heavy atom. The van der Waals surface area contributed by atoms with E-state index in [9.17, 15) is 9.59 Å². The number of aromatic nitrogens is 1. The highest BCUT2D eigenvalue weighted by atomic mass is 32.1. The van der Waals surface area contributed by atoms with Gasteiger partial charge in [-0.15, -0.1) is 0 Å². The maximum Gasteiger partial charge on any atom is 0.338 e. The molecule has 0 spiro atoms. The summed E-state index contributed by atoms with van der Waals surface area (Å²) in [6.07, 6.45) is 3.11. The van der Waals surface area contributed by atoms with Crippen LogP contribution in [0.4, 0.5) is 0 Å². The van der Waals surface area contributed by atoms with E-state index >= 15 is 0 Å². The first-order chi connectivity index (χ1) is 21.0. The van der Waals surface area contributed by atoms with E-state index < -0.39 is 12.0 Å². The lowest BCUT2D eigenvalue weighted by atomic mass is 9.93. The number of hydrogen-bond acceptors (Lipinski definition) is 8. The molecule has 0 unspecified atom stereocenters. The van der Waals surface area contributed by atoms with Crippen LogP contribution >= 0.6 is 11.3 Å². The Labute approximate surface area is 254 Å². The molecule has 5 rings (SSSR count). The zero-order valence-electron chi connectivity index (χ0n) is 24.7. The minimum absolute atomic E-state index is 0.188. The minimum Gasteiger partial charge on any atom is -0.497 e. The number of allylic oxidation sites excluding steroid dienone is 1. The largest absolute Gasteiger partial charge is 0.497 e. The first kappa shape index (κ1) is 29.8. The number of para-hydroxylation sites is 1. The van der Waals surface area contributed by atoms with Crippen LogP contribution in [0, 0.1) is 0 Å². The number of carbonyl (C=O) groups is 1. The number of hydrogen-bond donors (Lipinski definition) is 0. The number of esters is 1. The first-order valence-corrected chi connectivity index (χ1v) is 15.0. The average Bonchev–Trinajstić information content (AvgIpc) is 3.34. The van der Waals surface area contributed by atoms with Crippen molar-refractivity contribution in [2.75, 3.05) is 20.8 Å². The molecule has 1 atom stereocenters. The summed E-state index contributed by atoms with van der Waals surface area (Å²) >= 11 is 1.27. The van der Waals surface area contributed by atoms with Gasteiger partial charge in [-0.2, -0.15) is 0 Å². The lowest BCUT2D eigenvalue weighted by Crippen LogP contribution is -2.40. The highest BCUT2D eigenvalue weighted by Gasteiger charge is 2.36. The standard InChI is InChI=1S/C34H34N2O6S/c1-5-12-26-30(33(38)41-6-2)31(25-20-24(39-3)17-18-28(25)40-4)36-32(37)29(43-34(36)35-26)19-23-15-10-11-16-27(23)42-21-22-13-8-7-9-14-22/h7-11,13-20,31H,5-6,12,21H2,1-4H3/b29-19+/t31-/m0/s1. The van der Waals surface area contributed by atoms with E-state index in [2.05, 4.69) is 0 Å². The van der Waals surface area contributed by atoms with Crippen LogP contribution < -0.4 is 29.1 Å². The molecule has 0 saturated heterocycles. The number of fused-ring (bicyclic) bond motifs is 1. The molecule has 0 radical (unpaired) electrons. The highest BCUT2D eigenvalue weighted by Crippen LogP contribution is 2.38. The van der Waals surface area contributed by atoms with E-state index in [1.807, 2.05) is 67.6 Å². The normalized spacial score (nSPS) is 14.6. The van der Waals surface area contributed by atoms with Crippen LogP contribution in [0.25, 0.3) is 6.08 Å². The SMILES string of the molecule is CCCC1=C(C(=O)OCC)[C@H](c2cc(OC)ccc2OC)n2c(s/c(=C/c3ccccc3OCc3ccccc3)c2=O)=N1. The maximum atomic E-state index is 14.2. The fourth-order valence-electron chi connectivity index (χ4n) is 5.08. The lowest BCUT2D eigenvalue weighted by molar-refractivity contribution is -0.139. The van der Waals surface area contributed by atoms with Gasteiger partial charge in [0.15, 0.2) is 4.80 Å². The molecule has 0 aliphatic carbocycles. The van der Waals surface area contributed by atoms with Gasteiger partial charge in [-0.3, -0.25) is 9.36 Å². The molecule has 43 heavy (non-hydrogen) atoms. The van der Waals surface area contributed by atoms with Gasteiger partial charge in [0.05, 0.1) is 36.6 Å². The molecule has 2 heterocycles. The number of benzene rings is 3. The molecule has 1 aromatic heterocycles. The van der Waals surface area contributed by atoms with Crippen LogP contribution in [-0.4, -0.2) is 31.4 Å². The van der Waals surface area contributed by atoms with Gasteiger partial charge >= 0.3 is 5.97 Å². The second-order valence-corrected chi connectivity index (χ2v) is 10.8. The van der Waals surface area contributed by atoms with Gasteiger partial charge in [0.2, 0.25) is 0 Å². The summed E-state index contributed by atoms with van der Waals surface area (Å²) in [5, 5.41) is 0. The number of rotatable bonds is 11. The van der Waals surface area contributed by atoms with E-state index in [0.717, 1.165) is 17.5 Å². The Bertz CT molecular complexity index is 1820. The number of nitrogens with zero attached hydrogens (tertiary/aromatic N) is 2. The van der Waals surface area contributed by atoms with Gasteiger partial charge in [0, 0.05) is 11.1 Å². The molecule has 8 nitrogen and oxygen atoms in total. The quantitative estimate of drug-likeness (QED) is 0.221. The summed E-state index contributed by atoms with van der Waals surface area (Å²) in [5.74, 6) is 1.22. The molecule has 0 N–H and O–H groups in total. The molecule has 0 amide bonds. The van der Waals surface area contributed by atoms with Crippen LogP contribution in [0.2, 0.25) is 0 Å². The molecule has 0 bridgehead atoms. The highest BCUT2D eigenvalue weighted by molar-refractivity contribution is 7.07. The molecular weight excluding hydrogens is 564 g/mol. The Morgan fingerprint density at radius 3 is 2.47 bits per heavy atom. The zero-order valence-corrected chi connectivity index (χ0v) is 25.5. The zero-order chi connectivity index (χ0) is 30.3. The second kappa shape index (κ2) is 13.6. The molecule has 1 aliphatic rings. The fraction of sp³-hybridized carbons (Fsp3) is 0.265. The molecule has 1 aliphatic heterocycles. The average molecular weight is 599 g/mol. The van der Waals surface area contributed by atoms with E-state index in [4.69, 9.17) is 23.9 Å². The van der Waals surface area contributed by atoms with E-state index in [1.165, 1.54) is 11.3 Å². The summed E-state index contributed by atoms with van der Waals surface area (Å²) < 4.78 is 24.9. The Morgan fingerprint density at radius 2 is 1.74 bits per heavy atom. The van der Waals surface area contributed by atoms with Crippen molar-refractivity contribution in [2.24, 2.45) is 4.99 Å². The monoisotopic (exact) mass is 598 g/mol. The van der Waals surface area contributed by atoms with Gasteiger partial charge in [0.1, 0.15) is 29.9 Å². The molecule has 4 aromatic rings.